The molecule has 0 aromatic carbocycles. The minimum atomic E-state index is -0.734. The molecule has 10 atom stereocenters. The van der Waals surface area contributed by atoms with Gasteiger partial charge in [-0.25, -0.2) is 0 Å². The molecular formula is C40H64N3O5. The zero-order valence-corrected chi connectivity index (χ0v) is 31.8. The molecule has 6 aliphatic rings. The van der Waals surface area contributed by atoms with Gasteiger partial charge in [-0.2, -0.15) is 0 Å². The molecule has 5 fully saturated rings. The van der Waals surface area contributed by atoms with Gasteiger partial charge >= 0.3 is 0 Å². The molecule has 1 unspecified atom stereocenters. The lowest BCUT2D eigenvalue weighted by atomic mass is 9.33. The summed E-state index contributed by atoms with van der Waals surface area (Å²) in [7, 11) is 0. The number of carbonyl (C=O) groups excluding carboxylic acids is 3. The van der Waals surface area contributed by atoms with Crippen molar-refractivity contribution in [2.75, 3.05) is 6.54 Å². The van der Waals surface area contributed by atoms with Gasteiger partial charge in [0.15, 0.2) is 5.78 Å². The summed E-state index contributed by atoms with van der Waals surface area (Å²) >= 11 is 0. The van der Waals surface area contributed by atoms with Crippen LogP contribution < -0.4 is 10.6 Å². The molecule has 2 amide bonds. The van der Waals surface area contributed by atoms with Crippen LogP contribution in [-0.2, 0) is 19.6 Å². The van der Waals surface area contributed by atoms with Crippen LogP contribution in [0.5, 0.6) is 0 Å². The Bertz CT molecular complexity index is 1420. The Morgan fingerprint density at radius 2 is 1.52 bits per heavy atom. The van der Waals surface area contributed by atoms with Crippen molar-refractivity contribution < 1.29 is 24.7 Å². The van der Waals surface area contributed by atoms with Gasteiger partial charge in [-0.05, 0) is 137 Å². The number of carbonyl (C=O) groups is 3. The Hall–Kier alpha value is -1.77. The molecular weight excluding hydrogens is 602 g/mol. The quantitative estimate of drug-likeness (QED) is 0.315. The molecule has 4 saturated carbocycles. The summed E-state index contributed by atoms with van der Waals surface area (Å²) in [5.74, 6) is 0.227. The number of hydrogen-bond acceptors (Lipinski definition) is 5. The van der Waals surface area contributed by atoms with Crippen molar-refractivity contribution in [1.29, 1.82) is 0 Å². The Balaban J connectivity index is 1.22. The van der Waals surface area contributed by atoms with E-state index in [0.717, 1.165) is 56.4 Å². The van der Waals surface area contributed by atoms with Crippen LogP contribution in [0.1, 0.15) is 140 Å². The van der Waals surface area contributed by atoms with Gasteiger partial charge in [-0.3, -0.25) is 14.4 Å². The number of fused-ring (bicyclic) bond motifs is 7. The second-order valence-electron chi connectivity index (χ2n) is 20.4. The number of nitrogens with zero attached hydrogens (tertiary/aromatic N) is 1. The first-order valence-corrected chi connectivity index (χ1v) is 18.9. The monoisotopic (exact) mass is 666 g/mol. The highest BCUT2D eigenvalue weighted by Gasteiger charge is 2.70. The van der Waals surface area contributed by atoms with Crippen molar-refractivity contribution in [2.45, 2.75) is 164 Å². The molecule has 1 radical (unpaired) electrons. The molecule has 6 rings (SSSR count). The van der Waals surface area contributed by atoms with Crippen LogP contribution in [-0.4, -0.2) is 57.5 Å². The molecule has 0 aromatic rings. The molecule has 8 heteroatoms. The summed E-state index contributed by atoms with van der Waals surface area (Å²) < 4.78 is 0. The first-order valence-electron chi connectivity index (χ1n) is 18.9. The molecule has 0 spiro atoms. The molecule has 0 bridgehead atoms. The average molecular weight is 667 g/mol. The second-order valence-corrected chi connectivity index (χ2v) is 20.4. The standard InChI is InChI=1S/C40H64N3O5/c1-33(2)22-28(35(5,6)43(33)48)42-30(46)23-41-32(47)37(8)17-16-36(7)18-19-39(10)24(25(36)21-37)20-26(44)31-38(9)14-13-29(45)34(3,4)27(38)12-15-40(31,39)11/h20,25,27-29,31,45H,12-19,21-23H2,1-11H3,(H,41,47)(H,42,46)/t25-,27-,28?,29-,31+,36+,37-,38-,39+,40+/m0/s1. The zero-order valence-electron chi connectivity index (χ0n) is 31.8. The molecule has 5 aliphatic carbocycles. The number of hydroxylamine groups is 2. The number of aliphatic hydroxyl groups is 1. The maximum Gasteiger partial charge on any atom is 0.239 e. The van der Waals surface area contributed by atoms with E-state index < -0.39 is 16.5 Å². The van der Waals surface area contributed by atoms with Crippen molar-refractivity contribution >= 4 is 17.6 Å². The van der Waals surface area contributed by atoms with Crippen LogP contribution in [0.2, 0.25) is 0 Å². The lowest BCUT2D eigenvalue weighted by Gasteiger charge is -2.70. The molecule has 8 nitrogen and oxygen atoms in total. The highest BCUT2D eigenvalue weighted by Crippen LogP contribution is 2.75. The number of aliphatic hydroxyl groups excluding tert-OH is 1. The van der Waals surface area contributed by atoms with Gasteiger partial charge in [-0.15, -0.1) is 10.3 Å². The molecule has 1 aliphatic heterocycles. The smallest absolute Gasteiger partial charge is 0.239 e. The van der Waals surface area contributed by atoms with Gasteiger partial charge < -0.3 is 15.7 Å². The highest BCUT2D eigenvalue weighted by molar-refractivity contribution is 5.96. The highest BCUT2D eigenvalue weighted by atomic mass is 16.5. The van der Waals surface area contributed by atoms with E-state index in [9.17, 15) is 24.7 Å². The van der Waals surface area contributed by atoms with E-state index in [-0.39, 0.29) is 75.2 Å². The summed E-state index contributed by atoms with van der Waals surface area (Å²) in [5.41, 5.74) is -1.38. The van der Waals surface area contributed by atoms with Gasteiger partial charge in [0.1, 0.15) is 0 Å². The average Bonchev–Trinajstić information content (AvgIpc) is 3.13. The van der Waals surface area contributed by atoms with E-state index in [1.807, 2.05) is 40.7 Å². The topological polar surface area (TPSA) is 119 Å². The maximum absolute atomic E-state index is 14.6. The Morgan fingerprint density at radius 3 is 2.15 bits per heavy atom. The summed E-state index contributed by atoms with van der Waals surface area (Å²) in [5, 5.41) is 30.9. The van der Waals surface area contributed by atoms with Crippen molar-refractivity contribution in [3.8, 4) is 0 Å². The van der Waals surface area contributed by atoms with Crippen molar-refractivity contribution in [2.24, 2.45) is 50.2 Å². The fourth-order valence-corrected chi connectivity index (χ4v) is 13.0. The number of hydrogen-bond donors (Lipinski definition) is 3. The van der Waals surface area contributed by atoms with Gasteiger partial charge in [0.2, 0.25) is 11.8 Å². The summed E-state index contributed by atoms with van der Waals surface area (Å²) in [6.45, 7) is 23.4. The van der Waals surface area contributed by atoms with Gasteiger partial charge in [0.05, 0.1) is 24.2 Å². The van der Waals surface area contributed by atoms with Crippen molar-refractivity contribution in [1.82, 2.24) is 15.7 Å². The first kappa shape index (κ1) is 36.0. The van der Waals surface area contributed by atoms with Crippen LogP contribution >= 0.6 is 0 Å². The van der Waals surface area contributed by atoms with Crippen molar-refractivity contribution in [3.05, 3.63) is 11.6 Å². The normalized spacial score (nSPS) is 47.5. The van der Waals surface area contributed by atoms with E-state index >= 15 is 0 Å². The number of allylic oxidation sites excluding steroid dienone is 2. The van der Waals surface area contributed by atoms with E-state index in [1.54, 1.807) is 0 Å². The third-order valence-corrected chi connectivity index (χ3v) is 16.5. The minimum Gasteiger partial charge on any atom is -0.393 e. The van der Waals surface area contributed by atoms with E-state index in [1.165, 1.54) is 5.57 Å². The predicted molar refractivity (Wildman–Crippen MR) is 186 cm³/mol. The predicted octanol–water partition coefficient (Wildman–Crippen LogP) is 6.54. The van der Waals surface area contributed by atoms with Crippen LogP contribution in [0.25, 0.3) is 0 Å². The largest absolute Gasteiger partial charge is 0.393 e. The minimum absolute atomic E-state index is 0.0229. The fourth-order valence-electron chi connectivity index (χ4n) is 13.0. The molecule has 0 aromatic heterocycles. The van der Waals surface area contributed by atoms with Crippen LogP contribution in [0, 0.1) is 50.2 Å². The molecule has 1 heterocycles. The number of rotatable bonds is 4. The Morgan fingerprint density at radius 1 is 0.875 bits per heavy atom. The second kappa shape index (κ2) is 10.9. The molecule has 1 saturated heterocycles. The third kappa shape index (κ3) is 4.87. The fraction of sp³-hybridized carbons (Fsp3) is 0.875. The SMILES string of the molecule is CC1(C)[C@@H](O)CC[C@]2(C)[C@H]3C(=O)C=C4[C@@H]5C[C@@](C)(C(=O)NCC(=O)NC6CC(C)(C)N([O])C6(C)C)CC[C@]5(C)CC[C@@]4(C)[C@]3(C)CC[C@@H]12. The summed E-state index contributed by atoms with van der Waals surface area (Å²) in [6.07, 6.45) is 10.3. The van der Waals surface area contributed by atoms with Gasteiger partial charge in [0.25, 0.3) is 0 Å². The third-order valence-electron chi connectivity index (χ3n) is 16.5. The Labute approximate surface area is 289 Å². The molecule has 48 heavy (non-hydrogen) atoms. The van der Waals surface area contributed by atoms with E-state index in [2.05, 4.69) is 52.2 Å². The number of nitrogens with one attached hydrogen (secondary N) is 2. The summed E-state index contributed by atoms with van der Waals surface area (Å²) in [6, 6.07) is -0.302. The van der Waals surface area contributed by atoms with E-state index in [4.69, 9.17) is 0 Å². The van der Waals surface area contributed by atoms with E-state index in [0.29, 0.717) is 18.8 Å². The number of ketones is 1. The lowest BCUT2D eigenvalue weighted by Crippen LogP contribution is -2.66. The van der Waals surface area contributed by atoms with Gasteiger partial charge in [-0.1, -0.05) is 54.0 Å². The van der Waals surface area contributed by atoms with Crippen LogP contribution in [0.15, 0.2) is 11.6 Å². The van der Waals surface area contributed by atoms with Gasteiger partial charge in [0, 0.05) is 16.9 Å². The molecule has 3 N–H and O–H groups in total. The van der Waals surface area contributed by atoms with Crippen LogP contribution in [0.4, 0.5) is 0 Å². The van der Waals surface area contributed by atoms with Crippen molar-refractivity contribution in [3.63, 3.8) is 0 Å². The molecule has 269 valence electrons. The summed E-state index contributed by atoms with van der Waals surface area (Å²) in [4.78, 5) is 41.6. The first-order chi connectivity index (χ1) is 21.9. The zero-order chi connectivity index (χ0) is 35.7. The lowest BCUT2D eigenvalue weighted by molar-refractivity contribution is -0.246. The maximum atomic E-state index is 14.6. The number of amides is 2. The Kier molecular flexibility index (Phi) is 8.16. The van der Waals surface area contributed by atoms with Crippen LogP contribution in [0.3, 0.4) is 0 Å².